The number of likely N-dealkylation sites (tertiary alicyclic amines) is 1. The lowest BCUT2D eigenvalue weighted by Crippen LogP contribution is -2.46. The van der Waals surface area contributed by atoms with Crippen LogP contribution in [-0.2, 0) is 19.1 Å². The fourth-order valence-electron chi connectivity index (χ4n) is 3.93. The zero-order valence-corrected chi connectivity index (χ0v) is 15.7. The largest absolute Gasteiger partial charge is 0.468 e. The molecule has 3 rings (SSSR count). The van der Waals surface area contributed by atoms with Gasteiger partial charge in [0.05, 0.1) is 20.3 Å². The van der Waals surface area contributed by atoms with Crippen LogP contribution in [0.3, 0.4) is 0 Å². The molecule has 0 N–H and O–H groups in total. The molecule has 0 radical (unpaired) electrons. The molecule has 0 aromatic heterocycles. The molecule has 1 aliphatic rings. The molecule has 5 heteroatoms. The van der Waals surface area contributed by atoms with Crippen molar-refractivity contribution in [3.05, 3.63) is 77.4 Å². The molecule has 1 aliphatic heterocycles. The molecule has 2 aromatic carbocycles. The molecule has 140 valence electrons. The zero-order valence-electron chi connectivity index (χ0n) is 15.7. The van der Waals surface area contributed by atoms with Gasteiger partial charge in [0, 0.05) is 6.54 Å². The molecule has 0 amide bonds. The van der Waals surface area contributed by atoms with Crippen molar-refractivity contribution in [2.75, 3.05) is 27.8 Å². The molecule has 27 heavy (non-hydrogen) atoms. The van der Waals surface area contributed by atoms with Crippen LogP contribution in [0, 0.1) is 5.41 Å². The fourth-order valence-corrected chi connectivity index (χ4v) is 3.93. The van der Waals surface area contributed by atoms with E-state index in [0.29, 0.717) is 12.1 Å². The Morgan fingerprint density at radius 3 is 2.00 bits per heavy atom. The van der Waals surface area contributed by atoms with Crippen LogP contribution in [0.2, 0.25) is 0 Å². The van der Waals surface area contributed by atoms with Crippen molar-refractivity contribution in [3.8, 4) is 0 Å². The minimum Gasteiger partial charge on any atom is -0.468 e. The van der Waals surface area contributed by atoms with Gasteiger partial charge in [0.2, 0.25) is 5.41 Å². The van der Waals surface area contributed by atoms with Gasteiger partial charge in [-0.2, -0.15) is 0 Å². The summed E-state index contributed by atoms with van der Waals surface area (Å²) in [6.07, 6.45) is 1.88. The van der Waals surface area contributed by atoms with E-state index in [-0.39, 0.29) is 0 Å². The lowest BCUT2D eigenvalue weighted by Gasteiger charge is -2.33. The molecule has 1 heterocycles. The maximum absolute atomic E-state index is 13.1. The third-order valence-corrected chi connectivity index (χ3v) is 5.05. The summed E-state index contributed by atoms with van der Waals surface area (Å²) in [5.74, 6) is -1.23. The molecule has 0 bridgehead atoms. The first-order valence-electron chi connectivity index (χ1n) is 8.73. The molecule has 2 aromatic rings. The summed E-state index contributed by atoms with van der Waals surface area (Å²) >= 11 is 0. The summed E-state index contributed by atoms with van der Waals surface area (Å²) in [6, 6.07) is 18.6. The van der Waals surface area contributed by atoms with E-state index in [4.69, 9.17) is 9.47 Å². The topological polar surface area (TPSA) is 55.8 Å². The molecule has 1 atom stereocenters. The monoisotopic (exact) mass is 365 g/mol. The lowest BCUT2D eigenvalue weighted by molar-refractivity contribution is -0.168. The second-order valence-electron chi connectivity index (χ2n) is 6.60. The quantitative estimate of drug-likeness (QED) is 0.616. The number of rotatable bonds is 4. The van der Waals surface area contributed by atoms with Crippen molar-refractivity contribution in [3.63, 3.8) is 0 Å². The molecule has 1 saturated heterocycles. The normalized spacial score (nSPS) is 20.4. The van der Waals surface area contributed by atoms with E-state index < -0.39 is 23.4 Å². The molecule has 1 fully saturated rings. The van der Waals surface area contributed by atoms with E-state index in [1.165, 1.54) is 14.2 Å². The summed E-state index contributed by atoms with van der Waals surface area (Å²) in [5.41, 5.74) is 0.859. The van der Waals surface area contributed by atoms with E-state index in [1.807, 2.05) is 78.7 Å². The Labute approximate surface area is 159 Å². The van der Waals surface area contributed by atoms with Crippen LogP contribution in [0.4, 0.5) is 0 Å². The first-order valence-corrected chi connectivity index (χ1v) is 8.73. The van der Waals surface area contributed by atoms with Crippen LogP contribution in [0.1, 0.15) is 17.2 Å². The smallest absolute Gasteiger partial charge is 0.329 e. The molecular weight excluding hydrogens is 342 g/mol. The number of hydrogen-bond acceptors (Lipinski definition) is 5. The number of carbonyl (C=O) groups excluding carboxylic acids is 2. The summed E-state index contributed by atoms with van der Waals surface area (Å²) in [7, 11) is 4.49. The van der Waals surface area contributed by atoms with E-state index in [9.17, 15) is 9.59 Å². The van der Waals surface area contributed by atoms with Crippen molar-refractivity contribution < 1.29 is 19.1 Å². The van der Waals surface area contributed by atoms with E-state index in [0.717, 1.165) is 11.1 Å². The SMILES string of the molecule is COC(=O)C1(C(=O)OC)/C(=C/c2ccccc2)CN(C)[C@@H]1c1ccccc1. The van der Waals surface area contributed by atoms with E-state index >= 15 is 0 Å². The Morgan fingerprint density at radius 1 is 0.963 bits per heavy atom. The second kappa shape index (κ2) is 7.76. The number of hydrogen-bond donors (Lipinski definition) is 0. The van der Waals surface area contributed by atoms with Crippen LogP contribution < -0.4 is 0 Å². The molecule has 0 spiro atoms. The van der Waals surface area contributed by atoms with Gasteiger partial charge < -0.3 is 9.47 Å². The first-order chi connectivity index (χ1) is 13.1. The Hall–Kier alpha value is -2.92. The third kappa shape index (κ3) is 3.15. The first kappa shape index (κ1) is 18.9. The molecular formula is C22H23NO4. The summed E-state index contributed by atoms with van der Waals surface area (Å²) < 4.78 is 10.2. The molecule has 0 unspecified atom stereocenters. The zero-order chi connectivity index (χ0) is 19.4. The highest BCUT2D eigenvalue weighted by Gasteiger charge is 2.63. The van der Waals surface area contributed by atoms with Gasteiger partial charge in [-0.25, -0.2) is 0 Å². The van der Waals surface area contributed by atoms with Crippen LogP contribution in [0.25, 0.3) is 6.08 Å². The van der Waals surface area contributed by atoms with E-state index in [2.05, 4.69) is 0 Å². The van der Waals surface area contributed by atoms with Crippen LogP contribution in [-0.4, -0.2) is 44.7 Å². The highest BCUT2D eigenvalue weighted by Crippen LogP contribution is 2.52. The van der Waals surface area contributed by atoms with Gasteiger partial charge in [-0.05, 0) is 23.7 Å². The number of ether oxygens (including phenoxy) is 2. The van der Waals surface area contributed by atoms with Gasteiger partial charge in [0.1, 0.15) is 0 Å². The van der Waals surface area contributed by atoms with Gasteiger partial charge >= 0.3 is 11.9 Å². The Balaban J connectivity index is 2.26. The predicted molar refractivity (Wildman–Crippen MR) is 103 cm³/mol. The lowest BCUT2D eigenvalue weighted by atomic mass is 9.73. The van der Waals surface area contributed by atoms with Gasteiger partial charge in [-0.15, -0.1) is 0 Å². The van der Waals surface area contributed by atoms with Crippen molar-refractivity contribution in [1.82, 2.24) is 4.90 Å². The van der Waals surface area contributed by atoms with Crippen LogP contribution >= 0.6 is 0 Å². The number of carbonyl (C=O) groups is 2. The van der Waals surface area contributed by atoms with Crippen LogP contribution in [0.5, 0.6) is 0 Å². The number of methoxy groups -OCH3 is 2. The molecule has 0 aliphatic carbocycles. The maximum atomic E-state index is 13.1. The van der Waals surface area contributed by atoms with Crippen molar-refractivity contribution >= 4 is 18.0 Å². The van der Waals surface area contributed by atoms with Crippen LogP contribution in [0.15, 0.2) is 66.2 Å². The summed E-state index contributed by atoms with van der Waals surface area (Å²) in [5, 5.41) is 0. The van der Waals surface area contributed by atoms with Gasteiger partial charge in [-0.3, -0.25) is 14.5 Å². The molecule has 0 saturated carbocycles. The predicted octanol–water partition coefficient (Wildman–Crippen LogP) is 3.09. The van der Waals surface area contributed by atoms with Crippen molar-refractivity contribution in [2.45, 2.75) is 6.04 Å². The fraction of sp³-hybridized carbons (Fsp3) is 0.273. The van der Waals surface area contributed by atoms with Gasteiger partial charge in [-0.1, -0.05) is 66.7 Å². The Kier molecular flexibility index (Phi) is 5.42. The average Bonchev–Trinajstić information content (AvgIpc) is 3.00. The Morgan fingerprint density at radius 2 is 1.48 bits per heavy atom. The van der Waals surface area contributed by atoms with Crippen molar-refractivity contribution in [1.29, 1.82) is 0 Å². The standard InChI is InChI=1S/C22H23NO4/c1-23-15-18(14-16-10-6-4-7-11-16)22(20(24)26-2,21(25)27-3)19(23)17-12-8-5-9-13-17/h4-14,19H,15H2,1-3H3/b18-14+/t19-/m1/s1. The number of esters is 2. The minimum absolute atomic E-state index is 0.443. The van der Waals surface area contributed by atoms with Crippen molar-refractivity contribution in [2.24, 2.45) is 5.41 Å². The number of likely N-dealkylation sites (N-methyl/N-ethyl adjacent to an activating group) is 1. The Bertz CT molecular complexity index is 829. The highest BCUT2D eigenvalue weighted by molar-refractivity contribution is 6.06. The maximum Gasteiger partial charge on any atom is 0.329 e. The summed E-state index contributed by atoms with van der Waals surface area (Å²) in [6.45, 7) is 0.443. The van der Waals surface area contributed by atoms with Gasteiger partial charge in [0.15, 0.2) is 0 Å². The number of nitrogens with zero attached hydrogens (tertiary/aromatic N) is 1. The highest BCUT2D eigenvalue weighted by atomic mass is 16.5. The van der Waals surface area contributed by atoms with E-state index in [1.54, 1.807) is 0 Å². The third-order valence-electron chi connectivity index (χ3n) is 5.05. The molecule has 5 nitrogen and oxygen atoms in total. The summed E-state index contributed by atoms with van der Waals surface area (Å²) in [4.78, 5) is 28.1. The average molecular weight is 365 g/mol. The second-order valence-corrected chi connectivity index (χ2v) is 6.60. The number of benzene rings is 2. The van der Waals surface area contributed by atoms with Gasteiger partial charge in [0.25, 0.3) is 0 Å². The minimum atomic E-state index is -1.56.